The van der Waals surface area contributed by atoms with Gasteiger partial charge in [0.05, 0.1) is 24.8 Å². The molecular formula is C13H10F3N3O3. The van der Waals surface area contributed by atoms with Gasteiger partial charge in [0.25, 0.3) is 5.91 Å². The van der Waals surface area contributed by atoms with Crippen LogP contribution in [0, 0.1) is 0 Å². The fourth-order valence-electron chi connectivity index (χ4n) is 1.98. The number of likely N-dealkylation sites (tertiary alicyclic amines) is 1. The minimum atomic E-state index is -4.45. The van der Waals surface area contributed by atoms with Gasteiger partial charge in [-0.05, 0) is 6.07 Å². The van der Waals surface area contributed by atoms with E-state index in [2.05, 4.69) is 10.1 Å². The monoisotopic (exact) mass is 313 g/mol. The van der Waals surface area contributed by atoms with Gasteiger partial charge in [-0.15, -0.1) is 0 Å². The summed E-state index contributed by atoms with van der Waals surface area (Å²) >= 11 is 0. The van der Waals surface area contributed by atoms with E-state index >= 15 is 0 Å². The second-order valence-electron chi connectivity index (χ2n) is 4.71. The zero-order valence-corrected chi connectivity index (χ0v) is 11.1. The van der Waals surface area contributed by atoms with Crippen LogP contribution in [-0.4, -0.2) is 40.1 Å². The van der Waals surface area contributed by atoms with Crippen molar-refractivity contribution in [1.82, 2.24) is 15.0 Å². The maximum absolute atomic E-state index is 12.6. The first-order valence-electron chi connectivity index (χ1n) is 6.33. The Bertz CT molecular complexity index is 667. The molecule has 116 valence electrons. The molecule has 0 spiro atoms. The molecule has 0 radical (unpaired) electrons. The molecular weight excluding hydrogens is 303 g/mol. The van der Waals surface area contributed by atoms with Gasteiger partial charge in [-0.25, -0.2) is 4.98 Å². The van der Waals surface area contributed by atoms with Crippen LogP contribution < -0.4 is 4.74 Å². The van der Waals surface area contributed by atoms with Gasteiger partial charge in [-0.3, -0.25) is 4.79 Å². The number of ether oxygens (including phenoxy) is 1. The normalized spacial score (nSPS) is 15.5. The number of halogens is 3. The number of aromatic nitrogens is 2. The third kappa shape index (κ3) is 2.87. The second kappa shape index (κ2) is 5.32. The van der Waals surface area contributed by atoms with Crippen LogP contribution in [0.3, 0.4) is 0 Å². The van der Waals surface area contributed by atoms with Gasteiger partial charge >= 0.3 is 6.18 Å². The Kier molecular flexibility index (Phi) is 3.47. The highest BCUT2D eigenvalue weighted by Crippen LogP contribution is 2.31. The first-order chi connectivity index (χ1) is 10.4. The van der Waals surface area contributed by atoms with Crippen molar-refractivity contribution in [3.8, 4) is 5.88 Å². The van der Waals surface area contributed by atoms with Crippen LogP contribution in [0.1, 0.15) is 16.1 Å². The van der Waals surface area contributed by atoms with Gasteiger partial charge in [0.2, 0.25) is 11.6 Å². The van der Waals surface area contributed by atoms with E-state index in [1.165, 1.54) is 17.2 Å². The summed E-state index contributed by atoms with van der Waals surface area (Å²) in [7, 11) is 0. The van der Waals surface area contributed by atoms with Gasteiger partial charge < -0.3 is 14.2 Å². The van der Waals surface area contributed by atoms with Crippen LogP contribution in [0.5, 0.6) is 5.88 Å². The average molecular weight is 313 g/mol. The summed E-state index contributed by atoms with van der Waals surface area (Å²) in [6.07, 6.45) is -2.46. The van der Waals surface area contributed by atoms with Gasteiger partial charge in [-0.1, -0.05) is 5.16 Å². The third-order valence-electron chi connectivity index (χ3n) is 3.13. The molecule has 0 atom stereocenters. The molecule has 0 aromatic carbocycles. The van der Waals surface area contributed by atoms with E-state index < -0.39 is 17.8 Å². The standard InChI is InChI=1S/C13H10F3N3O3/c14-13(15,16)8-1-3-17-11(5-8)21-9-6-19(7-9)12(20)10-2-4-18-22-10/h1-5,9H,6-7H2. The van der Waals surface area contributed by atoms with Crippen LogP contribution in [0.25, 0.3) is 0 Å². The number of hydrogen-bond acceptors (Lipinski definition) is 5. The molecule has 0 bridgehead atoms. The molecule has 1 amide bonds. The van der Waals surface area contributed by atoms with E-state index in [4.69, 9.17) is 9.26 Å². The number of carbonyl (C=O) groups is 1. The van der Waals surface area contributed by atoms with E-state index in [1.54, 1.807) is 0 Å². The highest BCUT2D eigenvalue weighted by Gasteiger charge is 2.35. The van der Waals surface area contributed by atoms with E-state index in [1.807, 2.05) is 0 Å². The van der Waals surface area contributed by atoms with Crippen molar-refractivity contribution in [1.29, 1.82) is 0 Å². The lowest BCUT2D eigenvalue weighted by atomic mass is 10.1. The number of carbonyl (C=O) groups excluding carboxylic acids is 1. The average Bonchev–Trinajstić information content (AvgIpc) is 2.95. The molecule has 9 heteroatoms. The Balaban J connectivity index is 1.57. The quantitative estimate of drug-likeness (QED) is 0.867. The highest BCUT2D eigenvalue weighted by atomic mass is 19.4. The summed E-state index contributed by atoms with van der Waals surface area (Å²) in [6, 6.07) is 3.14. The summed E-state index contributed by atoms with van der Waals surface area (Å²) in [4.78, 5) is 17.0. The van der Waals surface area contributed by atoms with Crippen molar-refractivity contribution in [3.05, 3.63) is 41.9 Å². The van der Waals surface area contributed by atoms with Crippen molar-refractivity contribution in [2.75, 3.05) is 13.1 Å². The molecule has 6 nitrogen and oxygen atoms in total. The first-order valence-corrected chi connectivity index (χ1v) is 6.33. The van der Waals surface area contributed by atoms with E-state index in [0.717, 1.165) is 18.3 Å². The zero-order chi connectivity index (χ0) is 15.7. The summed E-state index contributed by atoms with van der Waals surface area (Å²) in [5.41, 5.74) is -0.827. The predicted octanol–water partition coefficient (Wildman–Crippen LogP) is 1.99. The van der Waals surface area contributed by atoms with Crippen LogP contribution in [0.15, 0.2) is 35.1 Å². The summed E-state index contributed by atoms with van der Waals surface area (Å²) in [5, 5.41) is 3.43. The number of hydrogen-bond donors (Lipinski definition) is 0. The van der Waals surface area contributed by atoms with E-state index in [9.17, 15) is 18.0 Å². The summed E-state index contributed by atoms with van der Waals surface area (Å²) in [5.74, 6) is -0.350. The molecule has 2 aromatic rings. The lowest BCUT2D eigenvalue weighted by molar-refractivity contribution is -0.137. The maximum Gasteiger partial charge on any atom is 0.416 e. The molecule has 1 aliphatic rings. The Morgan fingerprint density at radius 3 is 2.73 bits per heavy atom. The number of amides is 1. The van der Waals surface area contributed by atoms with Crippen molar-refractivity contribution in [3.63, 3.8) is 0 Å². The van der Waals surface area contributed by atoms with Crippen LogP contribution >= 0.6 is 0 Å². The minimum absolute atomic E-state index is 0.107. The smallest absolute Gasteiger partial charge is 0.416 e. The Hall–Kier alpha value is -2.58. The molecule has 3 heterocycles. The van der Waals surface area contributed by atoms with Crippen molar-refractivity contribution < 1.29 is 27.2 Å². The molecule has 0 N–H and O–H groups in total. The molecule has 1 saturated heterocycles. The second-order valence-corrected chi connectivity index (χ2v) is 4.71. The lowest BCUT2D eigenvalue weighted by Crippen LogP contribution is -2.56. The summed E-state index contributed by atoms with van der Waals surface area (Å²) < 4.78 is 47.8. The van der Waals surface area contributed by atoms with Crippen molar-refractivity contribution in [2.24, 2.45) is 0 Å². The Morgan fingerprint density at radius 1 is 1.32 bits per heavy atom. The molecule has 3 rings (SSSR count). The summed E-state index contributed by atoms with van der Waals surface area (Å²) in [6.45, 7) is 0.495. The molecule has 2 aromatic heterocycles. The van der Waals surface area contributed by atoms with Crippen molar-refractivity contribution in [2.45, 2.75) is 12.3 Å². The van der Waals surface area contributed by atoms with Crippen LogP contribution in [0.2, 0.25) is 0 Å². The number of alkyl halides is 3. The van der Waals surface area contributed by atoms with Crippen LogP contribution in [0.4, 0.5) is 13.2 Å². The fourth-order valence-corrected chi connectivity index (χ4v) is 1.98. The zero-order valence-electron chi connectivity index (χ0n) is 11.1. The largest absolute Gasteiger partial charge is 0.471 e. The minimum Gasteiger partial charge on any atom is -0.471 e. The topological polar surface area (TPSA) is 68.5 Å². The number of rotatable bonds is 3. The fraction of sp³-hybridized carbons (Fsp3) is 0.308. The Morgan fingerprint density at radius 2 is 2.09 bits per heavy atom. The molecule has 22 heavy (non-hydrogen) atoms. The lowest BCUT2D eigenvalue weighted by Gasteiger charge is -2.37. The molecule has 0 aliphatic carbocycles. The van der Waals surface area contributed by atoms with Gasteiger partial charge in [0.1, 0.15) is 6.10 Å². The predicted molar refractivity (Wildman–Crippen MR) is 66.1 cm³/mol. The molecule has 0 saturated carbocycles. The SMILES string of the molecule is O=C(c1ccno1)N1CC(Oc2cc(C(F)(F)F)ccn2)C1. The number of pyridine rings is 1. The van der Waals surface area contributed by atoms with E-state index in [0.29, 0.717) is 0 Å². The maximum atomic E-state index is 12.6. The van der Waals surface area contributed by atoms with Gasteiger partial charge in [0.15, 0.2) is 0 Å². The Labute approximate surface area is 122 Å². The van der Waals surface area contributed by atoms with Gasteiger partial charge in [-0.2, -0.15) is 13.2 Å². The molecule has 1 aliphatic heterocycles. The van der Waals surface area contributed by atoms with Gasteiger partial charge in [0, 0.05) is 18.3 Å². The number of nitrogens with zero attached hydrogens (tertiary/aromatic N) is 3. The van der Waals surface area contributed by atoms with Crippen molar-refractivity contribution >= 4 is 5.91 Å². The molecule has 1 fully saturated rings. The van der Waals surface area contributed by atoms with Crippen LogP contribution in [-0.2, 0) is 6.18 Å². The van der Waals surface area contributed by atoms with E-state index in [-0.39, 0.29) is 30.6 Å². The highest BCUT2D eigenvalue weighted by molar-refractivity contribution is 5.91. The first kappa shape index (κ1) is 14.4. The molecule has 0 unspecified atom stereocenters. The third-order valence-corrected chi connectivity index (χ3v) is 3.13.